The lowest BCUT2D eigenvalue weighted by atomic mass is 10.1. The van der Waals surface area contributed by atoms with Gasteiger partial charge in [-0.15, -0.1) is 0 Å². The van der Waals surface area contributed by atoms with Crippen LogP contribution in [0.5, 0.6) is 0 Å². The van der Waals surface area contributed by atoms with Crippen molar-refractivity contribution >= 4 is 16.8 Å². The van der Waals surface area contributed by atoms with Gasteiger partial charge in [-0.05, 0) is 12.1 Å². The first-order chi connectivity index (χ1) is 6.27. The van der Waals surface area contributed by atoms with Crippen molar-refractivity contribution in [2.45, 2.75) is 0 Å². The smallest absolute Gasteiger partial charge is 0.366 e. The minimum absolute atomic E-state index is 0. The predicted molar refractivity (Wildman–Crippen MR) is 51.4 cm³/mol. The number of hydrogen-bond acceptors (Lipinski definition) is 2. The molecule has 0 saturated heterocycles. The highest BCUT2D eigenvalue weighted by molar-refractivity contribution is 5.96. The Kier molecular flexibility index (Phi) is 1.70. The third kappa shape index (κ3) is 1.36. The summed E-state index contributed by atoms with van der Waals surface area (Å²) in [7, 11) is 0. The Morgan fingerprint density at radius 2 is 2.15 bits per heavy atom. The van der Waals surface area contributed by atoms with Gasteiger partial charge in [0.05, 0.1) is 11.1 Å². The maximum absolute atomic E-state index is 10.8. The summed E-state index contributed by atoms with van der Waals surface area (Å²) in [6.45, 7) is 0. The molecule has 3 nitrogen and oxygen atoms in total. The molecule has 2 N–H and O–H groups in total. The van der Waals surface area contributed by atoms with Crippen LogP contribution in [0.15, 0.2) is 36.5 Å². The Hall–Kier alpha value is -1.90. The van der Waals surface area contributed by atoms with Crippen LogP contribution in [0.4, 0.5) is 0 Å². The van der Waals surface area contributed by atoms with E-state index >= 15 is 0 Å². The number of fused-ring (bicyclic) bond motifs is 1. The molecule has 3 heteroatoms. The van der Waals surface area contributed by atoms with Crippen LogP contribution < -0.4 is 5.73 Å². The van der Waals surface area contributed by atoms with Crippen molar-refractivity contribution in [1.82, 2.24) is 4.98 Å². The van der Waals surface area contributed by atoms with E-state index in [1.807, 2.05) is 24.3 Å². The summed E-state index contributed by atoms with van der Waals surface area (Å²) in [6, 6.07) is 9.33. The van der Waals surface area contributed by atoms with E-state index in [0.29, 0.717) is 5.56 Å². The normalized spacial score (nSPS) is 10.2. The molecule has 13 heavy (non-hydrogen) atoms. The third-order valence-corrected chi connectivity index (χ3v) is 1.87. The van der Waals surface area contributed by atoms with Gasteiger partial charge in [0.25, 0.3) is 0 Å². The summed E-state index contributed by atoms with van der Waals surface area (Å²) in [5.74, 6) is -0.446. The molecule has 0 aliphatic heterocycles. The van der Waals surface area contributed by atoms with E-state index in [2.05, 4.69) is 4.98 Å². The number of hydrogen-bond donors (Lipinski definition) is 1. The average molecular weight is 173 g/mol. The minimum Gasteiger partial charge on any atom is -0.366 e. The second-order valence-electron chi connectivity index (χ2n) is 2.78. The van der Waals surface area contributed by atoms with Crippen LogP contribution in [0, 0.1) is 0 Å². The van der Waals surface area contributed by atoms with E-state index < -0.39 is 5.91 Å². The molecule has 0 saturated carbocycles. The van der Waals surface area contributed by atoms with Gasteiger partial charge in [-0.1, -0.05) is 18.2 Å². The highest BCUT2D eigenvalue weighted by Crippen LogP contribution is 2.11. The Morgan fingerprint density at radius 3 is 2.92 bits per heavy atom. The van der Waals surface area contributed by atoms with Crippen LogP contribution in [-0.2, 0) is 0 Å². The summed E-state index contributed by atoms with van der Waals surface area (Å²) in [5.41, 5.74) is 6.44. The largest absolute Gasteiger partial charge is 1.00 e. The zero-order valence-electron chi connectivity index (χ0n) is 7.90. The number of aromatic nitrogens is 1. The van der Waals surface area contributed by atoms with Crippen LogP contribution in [-0.4, -0.2) is 10.9 Å². The zero-order valence-corrected chi connectivity index (χ0v) is 6.90. The monoisotopic (exact) mass is 173 g/mol. The maximum atomic E-state index is 10.8. The summed E-state index contributed by atoms with van der Waals surface area (Å²) >= 11 is 0. The van der Waals surface area contributed by atoms with Crippen LogP contribution in [0.25, 0.3) is 10.9 Å². The molecule has 1 aromatic heterocycles. The van der Waals surface area contributed by atoms with E-state index in [-0.39, 0.29) is 1.43 Å². The summed E-state index contributed by atoms with van der Waals surface area (Å²) in [5, 5.41) is 0.929. The number of rotatable bonds is 1. The molecule has 1 aromatic carbocycles. The average Bonchev–Trinajstić information content (AvgIpc) is 2.17. The number of nitrogens with zero attached hydrogens (tertiary/aromatic N) is 1. The van der Waals surface area contributed by atoms with Gasteiger partial charge in [0, 0.05) is 11.6 Å². The van der Waals surface area contributed by atoms with E-state index in [9.17, 15) is 4.79 Å². The Balaban J connectivity index is 0.000000980. The number of primary amides is 1. The maximum Gasteiger partial charge on any atom is 1.00 e. The first-order valence-corrected chi connectivity index (χ1v) is 3.92. The van der Waals surface area contributed by atoms with Crippen molar-refractivity contribution in [1.29, 1.82) is 0 Å². The number of amides is 1. The summed E-state index contributed by atoms with van der Waals surface area (Å²) in [4.78, 5) is 14.9. The number of nitrogens with two attached hydrogens (primary N) is 1. The minimum atomic E-state index is -0.446. The highest BCUT2D eigenvalue weighted by Gasteiger charge is 2.01. The molecule has 0 bridgehead atoms. The van der Waals surface area contributed by atoms with Crippen molar-refractivity contribution in [3.8, 4) is 0 Å². The second-order valence-corrected chi connectivity index (χ2v) is 2.78. The molecule has 1 amide bonds. The van der Waals surface area contributed by atoms with Crippen molar-refractivity contribution in [2.75, 3.05) is 0 Å². The van der Waals surface area contributed by atoms with Crippen LogP contribution in [0.1, 0.15) is 11.8 Å². The quantitative estimate of drug-likeness (QED) is 0.709. The third-order valence-electron chi connectivity index (χ3n) is 1.87. The molecular weight excluding hydrogens is 164 g/mol. The van der Waals surface area contributed by atoms with Gasteiger partial charge in [-0.2, -0.15) is 0 Å². The van der Waals surface area contributed by atoms with E-state index in [1.165, 1.54) is 6.20 Å². The van der Waals surface area contributed by atoms with Crippen molar-refractivity contribution < 1.29 is 6.22 Å². The number of carbonyl (C=O) groups is 1. The fraction of sp³-hybridized carbons (Fsp3) is 0. The standard InChI is InChI=1S/C10H8N2O/c11-10(13)8-5-7-3-1-2-4-9(7)12-6-8/h1-6H,(H2,11,13)/p+1. The van der Waals surface area contributed by atoms with Crippen molar-refractivity contribution in [3.63, 3.8) is 0 Å². The SMILES string of the molecule is NC(=O)c1cnc2ccccc2c1.[H+]. The highest BCUT2D eigenvalue weighted by atomic mass is 16.1. The fourth-order valence-corrected chi connectivity index (χ4v) is 1.21. The molecule has 2 aromatic rings. The Morgan fingerprint density at radius 1 is 1.38 bits per heavy atom. The lowest BCUT2D eigenvalue weighted by Crippen LogP contribution is -2.10. The van der Waals surface area contributed by atoms with Crippen molar-refractivity contribution in [3.05, 3.63) is 42.1 Å². The fourth-order valence-electron chi connectivity index (χ4n) is 1.21. The van der Waals surface area contributed by atoms with E-state index in [1.54, 1.807) is 6.07 Å². The van der Waals surface area contributed by atoms with Gasteiger partial charge in [0.1, 0.15) is 0 Å². The predicted octanol–water partition coefficient (Wildman–Crippen LogP) is 1.45. The van der Waals surface area contributed by atoms with E-state index in [4.69, 9.17) is 5.73 Å². The van der Waals surface area contributed by atoms with E-state index in [0.717, 1.165) is 10.9 Å². The molecule has 1 heterocycles. The lowest BCUT2D eigenvalue weighted by Gasteiger charge is -1.97. The zero-order chi connectivity index (χ0) is 9.26. The van der Waals surface area contributed by atoms with Gasteiger partial charge in [0.15, 0.2) is 0 Å². The van der Waals surface area contributed by atoms with Gasteiger partial charge in [-0.25, -0.2) is 0 Å². The molecule has 2 rings (SSSR count). The molecule has 0 radical (unpaired) electrons. The first-order valence-electron chi connectivity index (χ1n) is 3.92. The van der Waals surface area contributed by atoms with Crippen molar-refractivity contribution in [2.24, 2.45) is 5.73 Å². The Bertz CT molecular complexity index is 470. The molecular formula is C10H9N2O+. The number of carbonyl (C=O) groups excluding carboxylic acids is 1. The summed E-state index contributed by atoms with van der Waals surface area (Å²) < 4.78 is 0. The first kappa shape index (κ1) is 7.73. The molecule has 0 fully saturated rings. The number of pyridine rings is 1. The molecule has 0 spiro atoms. The number of para-hydroxylation sites is 1. The van der Waals surface area contributed by atoms with Crippen LogP contribution >= 0.6 is 0 Å². The van der Waals surface area contributed by atoms with Gasteiger partial charge in [-0.3, -0.25) is 9.78 Å². The topological polar surface area (TPSA) is 56.0 Å². The van der Waals surface area contributed by atoms with Gasteiger partial charge >= 0.3 is 1.43 Å². The lowest BCUT2D eigenvalue weighted by molar-refractivity contribution is 0.1000. The second kappa shape index (κ2) is 2.86. The molecule has 0 unspecified atom stereocenters. The number of benzene rings is 1. The molecule has 0 aliphatic carbocycles. The molecule has 0 aliphatic rings. The Labute approximate surface area is 76.7 Å². The van der Waals surface area contributed by atoms with Gasteiger partial charge in [0.2, 0.25) is 5.91 Å². The van der Waals surface area contributed by atoms with Crippen LogP contribution in [0.3, 0.4) is 0 Å². The van der Waals surface area contributed by atoms with Crippen LogP contribution in [0.2, 0.25) is 0 Å². The molecule has 64 valence electrons. The summed E-state index contributed by atoms with van der Waals surface area (Å²) in [6.07, 6.45) is 1.49. The van der Waals surface area contributed by atoms with Gasteiger partial charge < -0.3 is 5.73 Å². The molecule has 0 atom stereocenters.